The maximum absolute atomic E-state index is 3.13. The molecule has 0 aromatic rings. The van der Waals surface area contributed by atoms with E-state index in [1.807, 2.05) is 6.08 Å². The quantitative estimate of drug-likeness (QED) is 0.460. The van der Waals surface area contributed by atoms with Crippen LogP contribution in [0.15, 0.2) is 30.4 Å². The highest BCUT2D eigenvalue weighted by Crippen LogP contribution is 2.03. The third-order valence-corrected chi connectivity index (χ3v) is 1.74. The molecule has 0 spiro atoms. The van der Waals surface area contributed by atoms with E-state index in [2.05, 4.69) is 30.4 Å². The molecule has 0 saturated heterocycles. The largest absolute Gasteiger partial charge is 0.0882 e. The van der Waals surface area contributed by atoms with Gasteiger partial charge in [-0.25, -0.2) is 0 Å². The lowest BCUT2D eigenvalue weighted by Gasteiger charge is -1.90. The topological polar surface area (TPSA) is 0 Å². The van der Waals surface area contributed by atoms with Crippen LogP contribution in [0.5, 0.6) is 0 Å². The molecule has 0 aromatic carbocycles. The minimum Gasteiger partial charge on any atom is -0.0882 e. The lowest BCUT2D eigenvalue weighted by molar-refractivity contribution is 0.761. The molecule has 0 heteroatoms. The standard InChI is InChI=1S/C11H15/c1-2-4-6-8-10-11-9-7-5-3-1/h1-2,5,9,11H,3-4,6,8,10H2/b2-1-,7-5?,11-9-. The van der Waals surface area contributed by atoms with Crippen molar-refractivity contribution in [2.45, 2.75) is 32.1 Å². The zero-order chi connectivity index (χ0) is 7.78. The first-order valence-corrected chi connectivity index (χ1v) is 4.38. The molecule has 1 rings (SSSR count). The molecule has 0 bridgehead atoms. The van der Waals surface area contributed by atoms with Crippen molar-refractivity contribution in [1.82, 2.24) is 0 Å². The van der Waals surface area contributed by atoms with E-state index in [1.54, 1.807) is 0 Å². The van der Waals surface area contributed by atoms with E-state index in [4.69, 9.17) is 0 Å². The first kappa shape index (κ1) is 8.32. The second-order valence-electron chi connectivity index (χ2n) is 2.76. The van der Waals surface area contributed by atoms with Crippen molar-refractivity contribution in [3.05, 3.63) is 36.5 Å². The maximum atomic E-state index is 3.13. The van der Waals surface area contributed by atoms with Gasteiger partial charge in [-0.3, -0.25) is 0 Å². The van der Waals surface area contributed by atoms with Crippen LogP contribution in [0.25, 0.3) is 0 Å². The summed E-state index contributed by atoms with van der Waals surface area (Å²) < 4.78 is 0. The molecule has 0 heterocycles. The molecule has 0 unspecified atom stereocenters. The molecule has 0 N–H and O–H groups in total. The Kier molecular flexibility index (Phi) is 4.51. The highest BCUT2D eigenvalue weighted by atomic mass is 13.9. The minimum atomic E-state index is 1.03. The Labute approximate surface area is 69.3 Å². The Bertz CT molecular complexity index is 161. The van der Waals surface area contributed by atoms with Crippen molar-refractivity contribution < 1.29 is 0 Å². The van der Waals surface area contributed by atoms with Crippen molar-refractivity contribution in [2.24, 2.45) is 0 Å². The van der Waals surface area contributed by atoms with E-state index in [0.717, 1.165) is 6.42 Å². The maximum Gasteiger partial charge on any atom is -0.0160 e. The Balaban J connectivity index is 2.35. The molecule has 1 aliphatic carbocycles. The van der Waals surface area contributed by atoms with Crippen LogP contribution in [0.3, 0.4) is 0 Å². The molecule has 0 fully saturated rings. The second-order valence-corrected chi connectivity index (χ2v) is 2.76. The molecule has 0 saturated carbocycles. The van der Waals surface area contributed by atoms with Gasteiger partial charge in [-0.1, -0.05) is 30.4 Å². The Hall–Kier alpha value is -0.780. The molecule has 0 aliphatic heterocycles. The summed E-state index contributed by atoms with van der Waals surface area (Å²) in [6.07, 6.45) is 20.0. The minimum absolute atomic E-state index is 1.03. The Morgan fingerprint density at radius 1 is 0.909 bits per heavy atom. The van der Waals surface area contributed by atoms with Crippen molar-refractivity contribution in [3.63, 3.8) is 0 Å². The summed E-state index contributed by atoms with van der Waals surface area (Å²) in [5.74, 6) is 0. The van der Waals surface area contributed by atoms with Crippen molar-refractivity contribution in [3.8, 4) is 0 Å². The Morgan fingerprint density at radius 3 is 2.64 bits per heavy atom. The van der Waals surface area contributed by atoms with Gasteiger partial charge < -0.3 is 0 Å². The molecule has 0 atom stereocenters. The third kappa shape index (κ3) is 4.60. The van der Waals surface area contributed by atoms with E-state index in [1.165, 1.54) is 25.7 Å². The van der Waals surface area contributed by atoms with Gasteiger partial charge in [-0.05, 0) is 38.2 Å². The molecule has 59 valence electrons. The van der Waals surface area contributed by atoms with Gasteiger partial charge in [0.1, 0.15) is 0 Å². The second kappa shape index (κ2) is 5.96. The van der Waals surface area contributed by atoms with Gasteiger partial charge >= 0.3 is 0 Å². The van der Waals surface area contributed by atoms with Gasteiger partial charge in [0, 0.05) is 0 Å². The first-order valence-electron chi connectivity index (χ1n) is 4.38. The van der Waals surface area contributed by atoms with E-state index in [9.17, 15) is 0 Å². The summed E-state index contributed by atoms with van der Waals surface area (Å²) in [6.45, 7) is 0. The molecule has 11 heavy (non-hydrogen) atoms. The molecule has 1 radical (unpaired) electrons. The first-order chi connectivity index (χ1) is 5.50. The predicted octanol–water partition coefficient (Wildman–Crippen LogP) is 3.42. The number of hydrogen-bond acceptors (Lipinski definition) is 0. The lowest BCUT2D eigenvalue weighted by atomic mass is 10.2. The number of hydrogen-bond donors (Lipinski definition) is 0. The Morgan fingerprint density at radius 2 is 1.73 bits per heavy atom. The van der Waals surface area contributed by atoms with Gasteiger partial charge in [0.25, 0.3) is 0 Å². The van der Waals surface area contributed by atoms with Crippen molar-refractivity contribution in [1.29, 1.82) is 0 Å². The fourth-order valence-corrected chi connectivity index (χ4v) is 1.09. The van der Waals surface area contributed by atoms with Crippen LogP contribution in [-0.2, 0) is 0 Å². The van der Waals surface area contributed by atoms with E-state index in [-0.39, 0.29) is 0 Å². The lowest BCUT2D eigenvalue weighted by Crippen LogP contribution is -1.71. The SMILES string of the molecule is [C]1=C\C/C=C\CCCC\C=C/1. The highest BCUT2D eigenvalue weighted by molar-refractivity contribution is 4.99. The summed E-state index contributed by atoms with van der Waals surface area (Å²) in [6, 6.07) is 0. The predicted molar refractivity (Wildman–Crippen MR) is 49.2 cm³/mol. The van der Waals surface area contributed by atoms with Crippen LogP contribution in [0.2, 0.25) is 0 Å². The molecule has 0 amide bonds. The van der Waals surface area contributed by atoms with Gasteiger partial charge in [0.15, 0.2) is 0 Å². The summed E-state index contributed by atoms with van der Waals surface area (Å²) in [5.41, 5.74) is 0. The van der Waals surface area contributed by atoms with E-state index in [0.29, 0.717) is 0 Å². The average molecular weight is 147 g/mol. The zero-order valence-corrected chi connectivity index (χ0v) is 6.92. The molecular formula is C11H15. The van der Waals surface area contributed by atoms with Gasteiger partial charge in [-0.2, -0.15) is 0 Å². The van der Waals surface area contributed by atoms with Crippen LogP contribution in [-0.4, -0.2) is 0 Å². The zero-order valence-electron chi connectivity index (χ0n) is 6.92. The van der Waals surface area contributed by atoms with E-state index < -0.39 is 0 Å². The molecular weight excluding hydrogens is 132 g/mol. The summed E-state index contributed by atoms with van der Waals surface area (Å²) in [7, 11) is 0. The number of rotatable bonds is 0. The monoisotopic (exact) mass is 147 g/mol. The van der Waals surface area contributed by atoms with E-state index >= 15 is 0 Å². The van der Waals surface area contributed by atoms with Crippen LogP contribution < -0.4 is 0 Å². The van der Waals surface area contributed by atoms with Crippen molar-refractivity contribution in [2.75, 3.05) is 0 Å². The molecule has 0 aromatic heterocycles. The fourth-order valence-electron chi connectivity index (χ4n) is 1.09. The van der Waals surface area contributed by atoms with Crippen LogP contribution >= 0.6 is 0 Å². The van der Waals surface area contributed by atoms with Gasteiger partial charge in [0.05, 0.1) is 0 Å². The summed E-state index contributed by atoms with van der Waals surface area (Å²) in [4.78, 5) is 0. The summed E-state index contributed by atoms with van der Waals surface area (Å²) >= 11 is 0. The summed E-state index contributed by atoms with van der Waals surface area (Å²) in [5, 5.41) is 0. The molecule has 0 nitrogen and oxygen atoms in total. The van der Waals surface area contributed by atoms with Crippen LogP contribution in [0.1, 0.15) is 32.1 Å². The van der Waals surface area contributed by atoms with Gasteiger partial charge in [0.2, 0.25) is 0 Å². The fraction of sp³-hybridized carbons (Fsp3) is 0.455. The number of allylic oxidation sites excluding steroid dienone is 6. The van der Waals surface area contributed by atoms with Crippen LogP contribution in [0.4, 0.5) is 0 Å². The average Bonchev–Trinajstić information content (AvgIpc) is 2.08. The highest BCUT2D eigenvalue weighted by Gasteiger charge is 1.83. The normalized spacial score (nSPS) is 28.4. The van der Waals surface area contributed by atoms with Crippen molar-refractivity contribution >= 4 is 0 Å². The smallest absolute Gasteiger partial charge is 0.0160 e. The third-order valence-electron chi connectivity index (χ3n) is 1.74. The van der Waals surface area contributed by atoms with Crippen LogP contribution in [0, 0.1) is 6.08 Å². The molecule has 1 aliphatic rings. The van der Waals surface area contributed by atoms with Gasteiger partial charge in [-0.15, -0.1) is 0 Å².